The lowest BCUT2D eigenvalue weighted by molar-refractivity contribution is 0.0583. The summed E-state index contributed by atoms with van der Waals surface area (Å²) in [6.07, 6.45) is 4.54. The van der Waals surface area contributed by atoms with Crippen LogP contribution in [0.1, 0.15) is 36.5 Å². The van der Waals surface area contributed by atoms with Gasteiger partial charge in [-0.2, -0.15) is 0 Å². The third kappa shape index (κ3) is 2.61. The van der Waals surface area contributed by atoms with Gasteiger partial charge in [0, 0.05) is 36.5 Å². The molecule has 5 heteroatoms. The number of nitrogens with two attached hydrogens (primary N) is 1. The Bertz CT molecular complexity index is 481. The lowest BCUT2D eigenvalue weighted by Gasteiger charge is -2.38. The molecule has 0 aliphatic carbocycles. The zero-order chi connectivity index (χ0) is 13.1. The zero-order valence-electron chi connectivity index (χ0n) is 10.6. The van der Waals surface area contributed by atoms with Gasteiger partial charge in [0.25, 0.3) is 5.91 Å². The second kappa shape index (κ2) is 5.35. The molecule has 2 rings (SSSR count). The maximum atomic E-state index is 12.4. The van der Waals surface area contributed by atoms with Crippen LogP contribution in [0.3, 0.4) is 0 Å². The van der Waals surface area contributed by atoms with Crippen molar-refractivity contribution in [1.29, 1.82) is 0 Å². The van der Waals surface area contributed by atoms with Gasteiger partial charge in [-0.3, -0.25) is 9.59 Å². The second-order valence-electron chi connectivity index (χ2n) is 4.86. The zero-order valence-corrected chi connectivity index (χ0v) is 10.6. The van der Waals surface area contributed by atoms with Crippen molar-refractivity contribution in [3.05, 3.63) is 34.2 Å². The number of rotatable bonds is 2. The number of aromatic nitrogens is 1. The predicted molar refractivity (Wildman–Crippen MR) is 69.4 cm³/mol. The van der Waals surface area contributed by atoms with E-state index in [4.69, 9.17) is 5.73 Å². The number of carbonyl (C=O) groups is 1. The maximum Gasteiger partial charge on any atom is 0.254 e. The molecule has 0 aromatic carbocycles. The molecule has 1 saturated heterocycles. The van der Waals surface area contributed by atoms with Crippen molar-refractivity contribution in [2.24, 2.45) is 5.73 Å². The number of hydrogen-bond acceptors (Lipinski definition) is 3. The molecule has 0 radical (unpaired) electrons. The molecule has 1 amide bonds. The number of piperidine rings is 1. The summed E-state index contributed by atoms with van der Waals surface area (Å²) in [7, 11) is 0. The summed E-state index contributed by atoms with van der Waals surface area (Å²) in [5.74, 6) is -0.0944. The van der Waals surface area contributed by atoms with Crippen molar-refractivity contribution < 1.29 is 4.79 Å². The van der Waals surface area contributed by atoms with E-state index >= 15 is 0 Å². The number of H-pyrrole nitrogens is 1. The summed E-state index contributed by atoms with van der Waals surface area (Å²) >= 11 is 0. The largest absolute Gasteiger partial charge is 0.334 e. The van der Waals surface area contributed by atoms with Gasteiger partial charge in [-0.1, -0.05) is 0 Å². The molecule has 2 atom stereocenters. The van der Waals surface area contributed by atoms with Crippen molar-refractivity contribution in [3.8, 4) is 0 Å². The standard InChI is InChI=1S/C13H19N3O2/c1-9(14)11-4-2-3-7-16(11)13(18)10-5-6-15-12(17)8-10/h5-6,8-9,11H,2-4,7,14H2,1H3,(H,15,17)/t9-,11+/m1/s1. The van der Waals surface area contributed by atoms with Gasteiger partial charge in [-0.25, -0.2) is 0 Å². The first kappa shape index (κ1) is 12.8. The predicted octanol–water partition coefficient (Wildman–Crippen LogP) is 0.717. The quantitative estimate of drug-likeness (QED) is 0.810. The first-order valence-corrected chi connectivity index (χ1v) is 6.35. The molecule has 5 nitrogen and oxygen atoms in total. The molecule has 1 aromatic rings. The Balaban J connectivity index is 2.23. The van der Waals surface area contributed by atoms with Crippen LogP contribution in [0.15, 0.2) is 23.1 Å². The van der Waals surface area contributed by atoms with Crippen LogP contribution >= 0.6 is 0 Å². The summed E-state index contributed by atoms with van der Waals surface area (Å²) < 4.78 is 0. The number of pyridine rings is 1. The van der Waals surface area contributed by atoms with Crippen molar-refractivity contribution in [2.45, 2.75) is 38.3 Å². The topological polar surface area (TPSA) is 79.2 Å². The van der Waals surface area contributed by atoms with Crippen LogP contribution in [0.5, 0.6) is 0 Å². The number of hydrogen-bond donors (Lipinski definition) is 2. The highest BCUT2D eigenvalue weighted by atomic mass is 16.2. The maximum absolute atomic E-state index is 12.4. The molecule has 1 aliphatic heterocycles. The van der Waals surface area contributed by atoms with Crippen molar-refractivity contribution in [3.63, 3.8) is 0 Å². The Hall–Kier alpha value is -1.62. The fourth-order valence-electron chi connectivity index (χ4n) is 2.50. The average Bonchev–Trinajstić information content (AvgIpc) is 2.38. The van der Waals surface area contributed by atoms with E-state index in [0.717, 1.165) is 25.8 Å². The van der Waals surface area contributed by atoms with Gasteiger partial charge in [-0.05, 0) is 32.3 Å². The molecule has 1 aromatic heterocycles. The van der Waals surface area contributed by atoms with Crippen LogP contribution in [0, 0.1) is 0 Å². The van der Waals surface area contributed by atoms with E-state index in [1.54, 1.807) is 6.07 Å². The molecule has 18 heavy (non-hydrogen) atoms. The number of amides is 1. The van der Waals surface area contributed by atoms with Crippen LogP contribution < -0.4 is 11.3 Å². The van der Waals surface area contributed by atoms with E-state index < -0.39 is 0 Å². The monoisotopic (exact) mass is 249 g/mol. The van der Waals surface area contributed by atoms with E-state index in [1.807, 2.05) is 11.8 Å². The minimum Gasteiger partial charge on any atom is -0.334 e. The highest BCUT2D eigenvalue weighted by Gasteiger charge is 2.29. The van der Waals surface area contributed by atoms with Crippen LogP contribution in [0.4, 0.5) is 0 Å². The average molecular weight is 249 g/mol. The van der Waals surface area contributed by atoms with Crippen LogP contribution in [-0.4, -0.2) is 34.4 Å². The molecule has 2 heterocycles. The lowest BCUT2D eigenvalue weighted by Crippen LogP contribution is -2.51. The van der Waals surface area contributed by atoms with Crippen LogP contribution in [-0.2, 0) is 0 Å². The molecular weight excluding hydrogens is 230 g/mol. The summed E-state index contributed by atoms with van der Waals surface area (Å²) in [4.78, 5) is 27.9. The molecule has 0 unspecified atom stereocenters. The van der Waals surface area contributed by atoms with Crippen LogP contribution in [0.25, 0.3) is 0 Å². The Morgan fingerprint density at radius 1 is 1.56 bits per heavy atom. The fraction of sp³-hybridized carbons (Fsp3) is 0.538. The molecule has 3 N–H and O–H groups in total. The summed E-state index contributed by atoms with van der Waals surface area (Å²) in [5, 5.41) is 0. The highest BCUT2D eigenvalue weighted by molar-refractivity contribution is 5.94. The third-order valence-corrected chi connectivity index (χ3v) is 3.44. The smallest absolute Gasteiger partial charge is 0.254 e. The molecule has 1 aliphatic rings. The van der Waals surface area contributed by atoms with Crippen molar-refractivity contribution >= 4 is 5.91 Å². The molecule has 0 saturated carbocycles. The van der Waals surface area contributed by atoms with E-state index in [2.05, 4.69) is 4.98 Å². The molecular formula is C13H19N3O2. The third-order valence-electron chi connectivity index (χ3n) is 3.44. The van der Waals surface area contributed by atoms with Crippen LogP contribution in [0.2, 0.25) is 0 Å². The number of aromatic amines is 1. The first-order chi connectivity index (χ1) is 8.59. The number of nitrogens with one attached hydrogen (secondary N) is 1. The van der Waals surface area contributed by atoms with Gasteiger partial charge < -0.3 is 15.6 Å². The minimum atomic E-state index is -0.254. The van der Waals surface area contributed by atoms with Gasteiger partial charge in [0.1, 0.15) is 0 Å². The second-order valence-corrected chi connectivity index (χ2v) is 4.86. The highest BCUT2D eigenvalue weighted by Crippen LogP contribution is 2.20. The van der Waals surface area contributed by atoms with E-state index in [9.17, 15) is 9.59 Å². The number of carbonyl (C=O) groups excluding carboxylic acids is 1. The van der Waals surface area contributed by atoms with Gasteiger partial charge >= 0.3 is 0 Å². The lowest BCUT2D eigenvalue weighted by atomic mass is 9.96. The summed E-state index contributed by atoms with van der Waals surface area (Å²) in [6.45, 7) is 2.64. The Labute approximate surface area is 106 Å². The van der Waals surface area contributed by atoms with Gasteiger partial charge in [0.2, 0.25) is 5.56 Å². The first-order valence-electron chi connectivity index (χ1n) is 6.35. The Morgan fingerprint density at radius 3 is 3.00 bits per heavy atom. The Morgan fingerprint density at radius 2 is 2.33 bits per heavy atom. The number of nitrogens with zero attached hydrogens (tertiary/aromatic N) is 1. The Kier molecular flexibility index (Phi) is 3.81. The summed E-state index contributed by atoms with van der Waals surface area (Å²) in [5.41, 5.74) is 6.12. The van der Waals surface area contributed by atoms with E-state index in [-0.39, 0.29) is 23.6 Å². The minimum absolute atomic E-state index is 0.0451. The van der Waals surface area contributed by atoms with Gasteiger partial charge in [0.15, 0.2) is 0 Å². The van der Waals surface area contributed by atoms with Gasteiger partial charge in [0.05, 0.1) is 0 Å². The SMILES string of the molecule is C[C@@H](N)[C@@H]1CCCCN1C(=O)c1cc[nH]c(=O)c1. The fourth-order valence-corrected chi connectivity index (χ4v) is 2.50. The van der Waals surface area contributed by atoms with Gasteiger partial charge in [-0.15, -0.1) is 0 Å². The van der Waals surface area contributed by atoms with Crippen molar-refractivity contribution in [1.82, 2.24) is 9.88 Å². The molecule has 1 fully saturated rings. The van der Waals surface area contributed by atoms with Crippen molar-refractivity contribution in [2.75, 3.05) is 6.54 Å². The van der Waals surface area contributed by atoms with E-state index in [0.29, 0.717) is 5.56 Å². The number of likely N-dealkylation sites (tertiary alicyclic amines) is 1. The van der Waals surface area contributed by atoms with E-state index in [1.165, 1.54) is 12.3 Å². The summed E-state index contributed by atoms with van der Waals surface area (Å²) in [6, 6.07) is 3.01. The molecule has 0 spiro atoms. The normalized spacial score (nSPS) is 21.7. The molecule has 98 valence electrons. The molecule has 0 bridgehead atoms.